The maximum absolute atomic E-state index is 11.7. The number of hydrogen-bond acceptors (Lipinski definition) is 7. The number of carbonyl (C=O) groups excluding carboxylic acids is 1. The Morgan fingerprint density at radius 2 is 1.97 bits per heavy atom. The first kappa shape index (κ1) is 20.7. The standard InChI is InChI=1S/C23H23ClN6O2/c1-14-9-16(13-31)20(30-25-7-8-26-30)11-19(14)29-12-18(27-22(24)10-15(29)2)23-28-17-5-3-4-6-21(17)32-23/h3-9,11,13,15,18,22,27H,10,12H2,1-2H3/t15-,18?,22?/m1/s1. The van der Waals surface area contributed by atoms with Crippen molar-refractivity contribution in [3.63, 3.8) is 0 Å². The Morgan fingerprint density at radius 3 is 2.72 bits per heavy atom. The molecule has 9 heteroatoms. The number of aromatic nitrogens is 4. The molecule has 1 aliphatic heterocycles. The second-order valence-electron chi connectivity index (χ2n) is 8.08. The third-order valence-corrected chi connectivity index (χ3v) is 6.17. The number of nitrogens with one attached hydrogen (secondary N) is 1. The minimum absolute atomic E-state index is 0.138. The van der Waals surface area contributed by atoms with E-state index in [4.69, 9.17) is 16.0 Å². The van der Waals surface area contributed by atoms with E-state index in [1.165, 1.54) is 4.80 Å². The van der Waals surface area contributed by atoms with E-state index < -0.39 is 0 Å². The number of oxazole rings is 1. The number of anilines is 1. The summed E-state index contributed by atoms with van der Waals surface area (Å²) in [6.07, 6.45) is 4.74. The maximum Gasteiger partial charge on any atom is 0.214 e. The highest BCUT2D eigenvalue weighted by molar-refractivity contribution is 6.20. The van der Waals surface area contributed by atoms with Crippen molar-refractivity contribution in [2.75, 3.05) is 11.4 Å². The number of fused-ring (bicyclic) bond motifs is 1. The summed E-state index contributed by atoms with van der Waals surface area (Å²) in [5, 5.41) is 11.9. The number of aryl methyl sites for hydroxylation is 1. The first-order chi connectivity index (χ1) is 15.5. The second kappa shape index (κ2) is 8.37. The predicted octanol–water partition coefficient (Wildman–Crippen LogP) is 4.02. The molecule has 164 valence electrons. The van der Waals surface area contributed by atoms with Gasteiger partial charge in [0.1, 0.15) is 11.6 Å². The van der Waals surface area contributed by atoms with Crippen LogP contribution in [0, 0.1) is 6.92 Å². The summed E-state index contributed by atoms with van der Waals surface area (Å²) in [5.74, 6) is 0.604. The van der Waals surface area contributed by atoms with Crippen LogP contribution >= 0.6 is 11.6 Å². The van der Waals surface area contributed by atoms with Gasteiger partial charge in [-0.05, 0) is 50.1 Å². The van der Waals surface area contributed by atoms with Gasteiger partial charge < -0.3 is 9.32 Å². The van der Waals surface area contributed by atoms with E-state index in [-0.39, 0.29) is 17.6 Å². The van der Waals surface area contributed by atoms with Gasteiger partial charge in [-0.3, -0.25) is 10.1 Å². The maximum atomic E-state index is 11.7. The fourth-order valence-electron chi connectivity index (χ4n) is 4.29. The van der Waals surface area contributed by atoms with Gasteiger partial charge in [0.05, 0.1) is 23.6 Å². The Morgan fingerprint density at radius 1 is 1.19 bits per heavy atom. The quantitative estimate of drug-likeness (QED) is 0.285. The van der Waals surface area contributed by atoms with Crippen molar-refractivity contribution < 1.29 is 9.21 Å². The predicted molar refractivity (Wildman–Crippen MR) is 122 cm³/mol. The van der Waals surface area contributed by atoms with Crippen molar-refractivity contribution in [1.82, 2.24) is 25.3 Å². The minimum Gasteiger partial charge on any atom is -0.439 e. The molecular weight excluding hydrogens is 428 g/mol. The molecule has 2 aromatic carbocycles. The lowest BCUT2D eigenvalue weighted by atomic mass is 10.0. The van der Waals surface area contributed by atoms with E-state index >= 15 is 0 Å². The van der Waals surface area contributed by atoms with Gasteiger partial charge in [-0.2, -0.15) is 15.0 Å². The van der Waals surface area contributed by atoms with Crippen molar-refractivity contribution in [2.45, 2.75) is 37.9 Å². The third-order valence-electron chi connectivity index (χ3n) is 5.87. The molecule has 1 aliphatic rings. The largest absolute Gasteiger partial charge is 0.439 e. The molecule has 0 spiro atoms. The highest BCUT2D eigenvalue weighted by Gasteiger charge is 2.32. The number of nitrogens with zero attached hydrogens (tertiary/aromatic N) is 5. The van der Waals surface area contributed by atoms with Crippen LogP contribution in [0.3, 0.4) is 0 Å². The van der Waals surface area contributed by atoms with E-state index in [2.05, 4.69) is 32.3 Å². The highest BCUT2D eigenvalue weighted by Crippen LogP contribution is 2.33. The average Bonchev–Trinajstić information content (AvgIpc) is 3.43. The highest BCUT2D eigenvalue weighted by atomic mass is 35.5. The van der Waals surface area contributed by atoms with Crippen molar-refractivity contribution in [3.05, 3.63) is 65.8 Å². The van der Waals surface area contributed by atoms with Gasteiger partial charge in [0.2, 0.25) is 5.89 Å². The Hall–Kier alpha value is -3.23. The number of para-hydroxylation sites is 2. The fraction of sp³-hybridized carbons (Fsp3) is 0.304. The second-order valence-corrected chi connectivity index (χ2v) is 8.60. The zero-order valence-corrected chi connectivity index (χ0v) is 18.5. The van der Waals surface area contributed by atoms with Gasteiger partial charge in [-0.15, -0.1) is 11.6 Å². The summed E-state index contributed by atoms with van der Waals surface area (Å²) in [4.78, 5) is 20.2. The van der Waals surface area contributed by atoms with Gasteiger partial charge in [0, 0.05) is 23.8 Å². The monoisotopic (exact) mass is 450 g/mol. The number of benzene rings is 2. The van der Waals surface area contributed by atoms with Crippen LogP contribution in [0.4, 0.5) is 5.69 Å². The minimum atomic E-state index is -0.239. The van der Waals surface area contributed by atoms with Crippen molar-refractivity contribution in [2.24, 2.45) is 0 Å². The summed E-state index contributed by atoms with van der Waals surface area (Å²) in [6.45, 7) is 4.75. The van der Waals surface area contributed by atoms with Crippen LogP contribution in [0.1, 0.15) is 41.2 Å². The van der Waals surface area contributed by atoms with Crippen LogP contribution in [-0.4, -0.2) is 44.4 Å². The Kier molecular flexibility index (Phi) is 5.40. The topological polar surface area (TPSA) is 89.1 Å². The molecule has 3 heterocycles. The lowest BCUT2D eigenvalue weighted by molar-refractivity contribution is 0.112. The molecule has 0 amide bonds. The Bertz CT molecular complexity index is 1220. The first-order valence-electron chi connectivity index (χ1n) is 10.5. The SMILES string of the molecule is Cc1cc(C=O)c(-n2nccn2)cc1N1CC(c2nc3ccccc3o2)NC(Cl)C[C@H]1C. The Labute approximate surface area is 190 Å². The zero-order chi connectivity index (χ0) is 22.2. The van der Waals surface area contributed by atoms with Gasteiger partial charge >= 0.3 is 0 Å². The molecule has 0 radical (unpaired) electrons. The Balaban J connectivity index is 1.56. The molecule has 0 aliphatic carbocycles. The number of rotatable bonds is 4. The van der Waals surface area contributed by atoms with E-state index in [0.29, 0.717) is 23.7 Å². The lowest BCUT2D eigenvalue weighted by Crippen LogP contribution is -2.36. The van der Waals surface area contributed by atoms with E-state index in [1.807, 2.05) is 43.3 Å². The van der Waals surface area contributed by atoms with Gasteiger partial charge in [0.25, 0.3) is 0 Å². The molecule has 1 N–H and O–H groups in total. The van der Waals surface area contributed by atoms with Crippen LogP contribution in [0.15, 0.2) is 53.2 Å². The van der Waals surface area contributed by atoms with E-state index in [0.717, 1.165) is 35.1 Å². The molecule has 4 aromatic rings. The molecule has 0 saturated carbocycles. The lowest BCUT2D eigenvalue weighted by Gasteiger charge is -2.32. The van der Waals surface area contributed by atoms with E-state index in [1.54, 1.807) is 12.4 Å². The summed E-state index contributed by atoms with van der Waals surface area (Å²) in [6, 6.07) is 11.5. The number of hydrogen-bond donors (Lipinski definition) is 1. The number of alkyl halides is 1. The number of carbonyl (C=O) groups is 1. The zero-order valence-electron chi connectivity index (χ0n) is 17.8. The first-order valence-corrected chi connectivity index (χ1v) is 11.0. The van der Waals surface area contributed by atoms with Crippen molar-refractivity contribution in [1.29, 1.82) is 0 Å². The smallest absolute Gasteiger partial charge is 0.214 e. The molecule has 1 saturated heterocycles. The molecule has 0 bridgehead atoms. The van der Waals surface area contributed by atoms with Crippen LogP contribution < -0.4 is 10.2 Å². The molecule has 5 rings (SSSR count). The van der Waals surface area contributed by atoms with Crippen LogP contribution in [0.2, 0.25) is 0 Å². The van der Waals surface area contributed by atoms with Crippen molar-refractivity contribution in [3.8, 4) is 5.69 Å². The molecule has 3 atom stereocenters. The molecule has 2 unspecified atom stereocenters. The van der Waals surface area contributed by atoms with Crippen LogP contribution in [0.5, 0.6) is 0 Å². The third kappa shape index (κ3) is 3.76. The molecule has 1 fully saturated rings. The van der Waals surface area contributed by atoms with E-state index in [9.17, 15) is 4.79 Å². The fourth-order valence-corrected chi connectivity index (χ4v) is 4.70. The number of aldehydes is 1. The average molecular weight is 451 g/mol. The number of halogens is 1. The van der Waals surface area contributed by atoms with Crippen molar-refractivity contribution >= 4 is 34.7 Å². The summed E-state index contributed by atoms with van der Waals surface area (Å²) < 4.78 is 6.05. The van der Waals surface area contributed by atoms with Crippen LogP contribution in [0.25, 0.3) is 16.8 Å². The summed E-state index contributed by atoms with van der Waals surface area (Å²) in [5.41, 5.74) is 4.47. The normalized spacial score (nSPS) is 21.6. The van der Waals surface area contributed by atoms with Gasteiger partial charge in [0.15, 0.2) is 11.9 Å². The molecular formula is C23H23ClN6O2. The molecule has 32 heavy (non-hydrogen) atoms. The summed E-state index contributed by atoms with van der Waals surface area (Å²) >= 11 is 6.63. The van der Waals surface area contributed by atoms with Crippen LogP contribution in [-0.2, 0) is 0 Å². The van der Waals surface area contributed by atoms with Gasteiger partial charge in [-0.25, -0.2) is 4.98 Å². The van der Waals surface area contributed by atoms with Gasteiger partial charge in [-0.1, -0.05) is 12.1 Å². The molecule has 2 aromatic heterocycles. The molecule has 8 nitrogen and oxygen atoms in total. The summed E-state index contributed by atoms with van der Waals surface area (Å²) in [7, 11) is 0.